The number of carbonyl (C=O) groups is 1. The van der Waals surface area contributed by atoms with Gasteiger partial charge in [0.15, 0.2) is 5.75 Å². The SMILES string of the molecule is Cc1ccc(C(=O)OCc2cc(=O)c(O)co2)nc1. The summed E-state index contributed by atoms with van der Waals surface area (Å²) in [5.41, 5.74) is 0.513. The fourth-order valence-corrected chi connectivity index (χ4v) is 1.32. The molecule has 0 radical (unpaired) electrons. The number of esters is 1. The van der Waals surface area contributed by atoms with Crippen molar-refractivity contribution in [2.75, 3.05) is 0 Å². The van der Waals surface area contributed by atoms with Gasteiger partial charge in [-0.2, -0.15) is 0 Å². The smallest absolute Gasteiger partial charge is 0.357 e. The van der Waals surface area contributed by atoms with Gasteiger partial charge in [-0.1, -0.05) is 6.07 Å². The molecule has 19 heavy (non-hydrogen) atoms. The summed E-state index contributed by atoms with van der Waals surface area (Å²) in [7, 11) is 0. The number of carbonyl (C=O) groups excluding carboxylic acids is 1. The molecular formula is C13H11NO5. The fraction of sp³-hybridized carbons (Fsp3) is 0.154. The molecule has 6 nitrogen and oxygen atoms in total. The summed E-state index contributed by atoms with van der Waals surface area (Å²) in [6.07, 6.45) is 2.45. The summed E-state index contributed by atoms with van der Waals surface area (Å²) >= 11 is 0. The molecule has 0 aliphatic carbocycles. The van der Waals surface area contributed by atoms with Crippen LogP contribution in [0.4, 0.5) is 0 Å². The molecule has 98 valence electrons. The van der Waals surface area contributed by atoms with Gasteiger partial charge in [0, 0.05) is 12.3 Å². The Bertz CT molecular complexity index is 645. The molecule has 0 atom stereocenters. The van der Waals surface area contributed by atoms with Crippen LogP contribution in [0.1, 0.15) is 21.8 Å². The minimum absolute atomic E-state index is 0.142. The first-order chi connectivity index (χ1) is 9.06. The lowest BCUT2D eigenvalue weighted by atomic mass is 10.3. The molecule has 0 saturated carbocycles. The Labute approximate surface area is 108 Å². The van der Waals surface area contributed by atoms with Gasteiger partial charge in [-0.05, 0) is 18.6 Å². The lowest BCUT2D eigenvalue weighted by Gasteiger charge is -2.03. The topological polar surface area (TPSA) is 89.6 Å². The van der Waals surface area contributed by atoms with Crippen LogP contribution in [0.15, 0.2) is 39.9 Å². The van der Waals surface area contributed by atoms with Crippen LogP contribution < -0.4 is 5.43 Å². The maximum absolute atomic E-state index is 11.6. The molecule has 0 fully saturated rings. The Morgan fingerprint density at radius 3 is 2.89 bits per heavy atom. The van der Waals surface area contributed by atoms with Crippen molar-refractivity contribution in [3.63, 3.8) is 0 Å². The lowest BCUT2D eigenvalue weighted by molar-refractivity contribution is 0.0436. The zero-order valence-corrected chi connectivity index (χ0v) is 10.1. The second kappa shape index (κ2) is 5.34. The Morgan fingerprint density at radius 1 is 1.47 bits per heavy atom. The summed E-state index contributed by atoms with van der Waals surface area (Å²) in [6.45, 7) is 1.65. The van der Waals surface area contributed by atoms with E-state index in [0.717, 1.165) is 17.9 Å². The van der Waals surface area contributed by atoms with Gasteiger partial charge in [-0.15, -0.1) is 0 Å². The molecule has 0 amide bonds. The Morgan fingerprint density at radius 2 is 2.26 bits per heavy atom. The van der Waals surface area contributed by atoms with E-state index in [9.17, 15) is 9.59 Å². The van der Waals surface area contributed by atoms with E-state index in [1.165, 1.54) is 0 Å². The molecule has 0 aromatic carbocycles. The van der Waals surface area contributed by atoms with E-state index in [4.69, 9.17) is 14.3 Å². The van der Waals surface area contributed by atoms with Crippen LogP contribution in [0.5, 0.6) is 5.75 Å². The average molecular weight is 261 g/mol. The van der Waals surface area contributed by atoms with Gasteiger partial charge in [0.1, 0.15) is 24.3 Å². The largest absolute Gasteiger partial charge is 0.502 e. The fourth-order valence-electron chi connectivity index (χ4n) is 1.32. The highest BCUT2D eigenvalue weighted by Crippen LogP contribution is 2.07. The maximum Gasteiger partial charge on any atom is 0.357 e. The van der Waals surface area contributed by atoms with Crippen LogP contribution >= 0.6 is 0 Å². The third kappa shape index (κ3) is 3.19. The van der Waals surface area contributed by atoms with Crippen molar-refractivity contribution in [3.05, 3.63) is 57.9 Å². The molecule has 0 unspecified atom stereocenters. The van der Waals surface area contributed by atoms with Crippen LogP contribution in [-0.4, -0.2) is 16.1 Å². The minimum Gasteiger partial charge on any atom is -0.502 e. The van der Waals surface area contributed by atoms with E-state index >= 15 is 0 Å². The van der Waals surface area contributed by atoms with E-state index in [2.05, 4.69) is 4.98 Å². The van der Waals surface area contributed by atoms with E-state index in [1.54, 1.807) is 18.3 Å². The van der Waals surface area contributed by atoms with Crippen molar-refractivity contribution in [2.45, 2.75) is 13.5 Å². The standard InChI is InChI=1S/C13H11NO5/c1-8-2-3-10(14-5-8)13(17)19-6-9-4-11(15)12(16)7-18-9/h2-5,7,16H,6H2,1H3. The number of pyridine rings is 1. The van der Waals surface area contributed by atoms with E-state index in [-0.39, 0.29) is 18.1 Å². The van der Waals surface area contributed by atoms with Gasteiger partial charge in [0.2, 0.25) is 5.43 Å². The minimum atomic E-state index is -0.615. The molecule has 1 N–H and O–H groups in total. The first-order valence-corrected chi connectivity index (χ1v) is 5.47. The normalized spacial score (nSPS) is 10.2. The van der Waals surface area contributed by atoms with Crippen molar-refractivity contribution < 1.29 is 19.1 Å². The van der Waals surface area contributed by atoms with Gasteiger partial charge in [-0.25, -0.2) is 9.78 Å². The molecule has 0 aliphatic rings. The monoisotopic (exact) mass is 261 g/mol. The first-order valence-electron chi connectivity index (χ1n) is 5.47. The highest BCUT2D eigenvalue weighted by molar-refractivity contribution is 5.87. The Hall–Kier alpha value is -2.63. The van der Waals surface area contributed by atoms with E-state index < -0.39 is 17.1 Å². The van der Waals surface area contributed by atoms with Crippen molar-refractivity contribution >= 4 is 5.97 Å². The van der Waals surface area contributed by atoms with Crippen LogP contribution in [0.25, 0.3) is 0 Å². The zero-order valence-electron chi connectivity index (χ0n) is 10.1. The second-order valence-corrected chi connectivity index (χ2v) is 3.89. The molecule has 0 saturated heterocycles. The number of nitrogens with zero attached hydrogens (tertiary/aromatic N) is 1. The van der Waals surface area contributed by atoms with Crippen LogP contribution in [0.3, 0.4) is 0 Å². The molecular weight excluding hydrogens is 250 g/mol. The predicted octanol–water partition coefficient (Wildman–Crippen LogP) is 1.41. The first kappa shape index (κ1) is 12.8. The number of aromatic nitrogens is 1. The van der Waals surface area contributed by atoms with Crippen LogP contribution in [0, 0.1) is 6.92 Å². The number of aryl methyl sites for hydroxylation is 1. The quantitative estimate of drug-likeness (QED) is 0.840. The molecule has 0 aliphatic heterocycles. The van der Waals surface area contributed by atoms with Crippen molar-refractivity contribution in [3.8, 4) is 5.75 Å². The predicted molar refractivity (Wildman–Crippen MR) is 64.7 cm³/mol. The number of ether oxygens (including phenoxy) is 1. The third-order valence-corrected chi connectivity index (χ3v) is 2.33. The Kier molecular flexibility index (Phi) is 3.61. The van der Waals surface area contributed by atoms with Crippen molar-refractivity contribution in [1.29, 1.82) is 0 Å². The van der Waals surface area contributed by atoms with Gasteiger partial charge < -0.3 is 14.3 Å². The summed E-state index contributed by atoms with van der Waals surface area (Å²) in [6, 6.07) is 4.35. The van der Waals surface area contributed by atoms with Crippen molar-refractivity contribution in [1.82, 2.24) is 4.98 Å². The van der Waals surface area contributed by atoms with Gasteiger partial charge >= 0.3 is 5.97 Å². The summed E-state index contributed by atoms with van der Waals surface area (Å²) in [5, 5.41) is 9.00. The highest BCUT2D eigenvalue weighted by Gasteiger charge is 2.10. The van der Waals surface area contributed by atoms with Crippen molar-refractivity contribution in [2.24, 2.45) is 0 Å². The zero-order chi connectivity index (χ0) is 13.8. The van der Waals surface area contributed by atoms with Gasteiger partial charge in [-0.3, -0.25) is 4.79 Å². The third-order valence-electron chi connectivity index (χ3n) is 2.33. The number of hydrogen-bond acceptors (Lipinski definition) is 6. The molecule has 0 spiro atoms. The molecule has 2 aromatic heterocycles. The van der Waals surface area contributed by atoms with Gasteiger partial charge in [0.05, 0.1) is 0 Å². The summed E-state index contributed by atoms with van der Waals surface area (Å²) in [4.78, 5) is 26.7. The summed E-state index contributed by atoms with van der Waals surface area (Å²) < 4.78 is 9.83. The van der Waals surface area contributed by atoms with E-state index in [0.29, 0.717) is 0 Å². The van der Waals surface area contributed by atoms with Crippen LogP contribution in [-0.2, 0) is 11.3 Å². The molecule has 2 aromatic rings. The second-order valence-electron chi connectivity index (χ2n) is 3.89. The van der Waals surface area contributed by atoms with Gasteiger partial charge in [0.25, 0.3) is 0 Å². The molecule has 2 rings (SSSR count). The lowest BCUT2D eigenvalue weighted by Crippen LogP contribution is -2.08. The molecule has 6 heteroatoms. The number of rotatable bonds is 3. The number of hydrogen-bond donors (Lipinski definition) is 1. The highest BCUT2D eigenvalue weighted by atomic mass is 16.5. The summed E-state index contributed by atoms with van der Waals surface area (Å²) in [5.74, 6) is -0.964. The average Bonchev–Trinajstić information content (AvgIpc) is 2.40. The number of aromatic hydroxyl groups is 1. The maximum atomic E-state index is 11.6. The Balaban J connectivity index is 2.02. The molecule has 0 bridgehead atoms. The molecule has 2 heterocycles. The van der Waals surface area contributed by atoms with Crippen LogP contribution in [0.2, 0.25) is 0 Å². The van der Waals surface area contributed by atoms with E-state index in [1.807, 2.05) is 6.92 Å².